The van der Waals surface area contributed by atoms with Gasteiger partial charge in [0.25, 0.3) is 5.89 Å². The molecule has 6 heteroatoms. The van der Waals surface area contributed by atoms with Crippen molar-refractivity contribution < 1.29 is 14.0 Å². The highest BCUT2D eigenvalue weighted by Gasteiger charge is 2.27. The van der Waals surface area contributed by atoms with E-state index >= 15 is 0 Å². The van der Waals surface area contributed by atoms with Crippen molar-refractivity contribution in [3.05, 3.63) is 11.7 Å². The molecule has 0 aliphatic carbocycles. The average Bonchev–Trinajstić information content (AvgIpc) is 2.76. The summed E-state index contributed by atoms with van der Waals surface area (Å²) in [4.78, 5) is 4.19. The molecule has 1 heterocycles. The summed E-state index contributed by atoms with van der Waals surface area (Å²) in [5, 5.41) is 3.85. The molecular formula is C11H21N3O3. The Labute approximate surface area is 101 Å². The minimum Gasteiger partial charge on any atom is -0.379 e. The van der Waals surface area contributed by atoms with E-state index in [0.717, 1.165) is 6.42 Å². The fourth-order valence-corrected chi connectivity index (χ4v) is 1.23. The van der Waals surface area contributed by atoms with Gasteiger partial charge in [0.05, 0.1) is 6.61 Å². The second-order valence-electron chi connectivity index (χ2n) is 4.12. The van der Waals surface area contributed by atoms with Crippen LogP contribution in [-0.2, 0) is 21.6 Å². The van der Waals surface area contributed by atoms with Gasteiger partial charge in [-0.05, 0) is 20.3 Å². The number of nitrogens with two attached hydrogens (primary N) is 1. The van der Waals surface area contributed by atoms with Crippen LogP contribution in [0.5, 0.6) is 0 Å². The van der Waals surface area contributed by atoms with E-state index in [2.05, 4.69) is 10.1 Å². The van der Waals surface area contributed by atoms with Crippen molar-refractivity contribution in [3.63, 3.8) is 0 Å². The molecule has 0 aliphatic heterocycles. The highest BCUT2D eigenvalue weighted by molar-refractivity contribution is 5.01. The van der Waals surface area contributed by atoms with Crippen molar-refractivity contribution in [1.82, 2.24) is 10.1 Å². The van der Waals surface area contributed by atoms with Crippen molar-refractivity contribution in [2.75, 3.05) is 19.8 Å². The summed E-state index contributed by atoms with van der Waals surface area (Å²) in [6.45, 7) is 7.74. The first-order valence-electron chi connectivity index (χ1n) is 5.87. The normalized spacial score (nSPS) is 14.8. The van der Waals surface area contributed by atoms with E-state index in [1.54, 1.807) is 0 Å². The molecule has 0 radical (unpaired) electrons. The van der Waals surface area contributed by atoms with Gasteiger partial charge in [0.2, 0.25) is 0 Å². The lowest BCUT2D eigenvalue weighted by molar-refractivity contribution is 0.0866. The molecule has 0 fully saturated rings. The first-order chi connectivity index (χ1) is 8.10. The molecule has 2 N–H and O–H groups in total. The van der Waals surface area contributed by atoms with E-state index in [9.17, 15) is 0 Å². The first kappa shape index (κ1) is 14.1. The lowest BCUT2D eigenvalue weighted by atomic mass is 10.1. The van der Waals surface area contributed by atoms with Crippen LogP contribution in [-0.4, -0.2) is 30.0 Å². The molecule has 6 nitrogen and oxygen atoms in total. The van der Waals surface area contributed by atoms with Crippen LogP contribution in [0.4, 0.5) is 0 Å². The monoisotopic (exact) mass is 243 g/mol. The van der Waals surface area contributed by atoms with Crippen molar-refractivity contribution in [2.45, 2.75) is 39.3 Å². The largest absolute Gasteiger partial charge is 0.379 e. The molecule has 0 aliphatic rings. The lowest BCUT2D eigenvalue weighted by Crippen LogP contribution is -2.39. The van der Waals surface area contributed by atoms with E-state index in [1.807, 2.05) is 20.8 Å². The van der Waals surface area contributed by atoms with Crippen LogP contribution in [0.25, 0.3) is 0 Å². The predicted molar refractivity (Wildman–Crippen MR) is 62.3 cm³/mol. The first-order valence-corrected chi connectivity index (χ1v) is 5.87. The summed E-state index contributed by atoms with van der Waals surface area (Å²) >= 11 is 0. The van der Waals surface area contributed by atoms with Crippen LogP contribution in [0.2, 0.25) is 0 Å². The van der Waals surface area contributed by atoms with Gasteiger partial charge in [-0.3, -0.25) is 0 Å². The molecule has 17 heavy (non-hydrogen) atoms. The van der Waals surface area contributed by atoms with Crippen molar-refractivity contribution in [3.8, 4) is 0 Å². The minimum absolute atomic E-state index is 0.315. The zero-order valence-corrected chi connectivity index (χ0v) is 10.7. The quantitative estimate of drug-likeness (QED) is 0.691. The minimum atomic E-state index is -0.733. The number of rotatable bonds is 8. The van der Waals surface area contributed by atoms with E-state index in [4.69, 9.17) is 19.7 Å². The standard InChI is InChI=1S/C11H21N3O3/c1-4-6-16-8-11(3,12)10-13-9(17-14-10)7-15-5-2/h4-8,12H2,1-3H3. The molecule has 1 aromatic rings. The molecule has 1 aromatic heterocycles. The smallest absolute Gasteiger partial charge is 0.252 e. The van der Waals surface area contributed by atoms with Crippen molar-refractivity contribution in [2.24, 2.45) is 5.73 Å². The van der Waals surface area contributed by atoms with Crippen LogP contribution < -0.4 is 5.73 Å². The summed E-state index contributed by atoms with van der Waals surface area (Å²) in [6, 6.07) is 0. The molecule has 0 saturated carbocycles. The van der Waals surface area contributed by atoms with Crippen LogP contribution in [0.1, 0.15) is 38.9 Å². The molecule has 1 unspecified atom stereocenters. The van der Waals surface area contributed by atoms with Gasteiger partial charge >= 0.3 is 0 Å². The van der Waals surface area contributed by atoms with Crippen LogP contribution in [0, 0.1) is 0 Å². The molecule has 0 amide bonds. The number of ether oxygens (including phenoxy) is 2. The van der Waals surface area contributed by atoms with Gasteiger partial charge in [0, 0.05) is 13.2 Å². The van der Waals surface area contributed by atoms with Gasteiger partial charge in [-0.25, -0.2) is 0 Å². The highest BCUT2D eigenvalue weighted by atomic mass is 16.5. The second kappa shape index (κ2) is 6.68. The molecule has 0 bridgehead atoms. The third-order valence-electron chi connectivity index (χ3n) is 2.16. The summed E-state index contributed by atoms with van der Waals surface area (Å²) in [6.07, 6.45) is 0.956. The number of aromatic nitrogens is 2. The maximum atomic E-state index is 6.07. The van der Waals surface area contributed by atoms with E-state index in [0.29, 0.717) is 38.1 Å². The highest BCUT2D eigenvalue weighted by Crippen LogP contribution is 2.15. The fourth-order valence-electron chi connectivity index (χ4n) is 1.23. The average molecular weight is 243 g/mol. The number of nitrogens with zero attached hydrogens (tertiary/aromatic N) is 2. The Bertz CT molecular complexity index is 326. The van der Waals surface area contributed by atoms with Gasteiger partial charge in [-0.1, -0.05) is 12.1 Å². The van der Waals surface area contributed by atoms with Crippen LogP contribution >= 0.6 is 0 Å². The van der Waals surface area contributed by atoms with Crippen LogP contribution in [0.15, 0.2) is 4.52 Å². The molecule has 0 aromatic carbocycles. The number of hydrogen-bond acceptors (Lipinski definition) is 6. The maximum Gasteiger partial charge on any atom is 0.252 e. The zero-order valence-electron chi connectivity index (χ0n) is 10.7. The Morgan fingerprint density at radius 1 is 1.35 bits per heavy atom. The van der Waals surface area contributed by atoms with Gasteiger partial charge in [-0.2, -0.15) is 4.98 Å². The summed E-state index contributed by atoms with van der Waals surface area (Å²) in [7, 11) is 0. The van der Waals surface area contributed by atoms with E-state index in [-0.39, 0.29) is 0 Å². The van der Waals surface area contributed by atoms with E-state index < -0.39 is 5.54 Å². The third-order valence-corrected chi connectivity index (χ3v) is 2.16. The van der Waals surface area contributed by atoms with Crippen LogP contribution in [0.3, 0.4) is 0 Å². The van der Waals surface area contributed by atoms with Gasteiger partial charge in [0.1, 0.15) is 12.1 Å². The maximum absolute atomic E-state index is 6.07. The summed E-state index contributed by atoms with van der Waals surface area (Å²) in [5.74, 6) is 0.886. The topological polar surface area (TPSA) is 83.4 Å². The number of hydrogen-bond donors (Lipinski definition) is 1. The molecule has 1 atom stereocenters. The van der Waals surface area contributed by atoms with Gasteiger partial charge in [0.15, 0.2) is 5.82 Å². The molecule has 0 saturated heterocycles. The Morgan fingerprint density at radius 3 is 2.76 bits per heavy atom. The zero-order chi connectivity index (χ0) is 12.7. The van der Waals surface area contributed by atoms with Crippen molar-refractivity contribution in [1.29, 1.82) is 0 Å². The summed E-state index contributed by atoms with van der Waals surface area (Å²) in [5.41, 5.74) is 5.34. The van der Waals surface area contributed by atoms with E-state index in [1.165, 1.54) is 0 Å². The third kappa shape index (κ3) is 4.41. The molecule has 98 valence electrons. The Kier molecular flexibility index (Phi) is 5.54. The molecule has 1 rings (SSSR count). The van der Waals surface area contributed by atoms with Crippen molar-refractivity contribution >= 4 is 0 Å². The second-order valence-corrected chi connectivity index (χ2v) is 4.12. The Balaban J connectivity index is 2.54. The SMILES string of the molecule is CCCOCC(C)(N)c1noc(COCC)n1. The van der Waals surface area contributed by atoms with Gasteiger partial charge in [-0.15, -0.1) is 0 Å². The molecular weight excluding hydrogens is 222 g/mol. The lowest BCUT2D eigenvalue weighted by Gasteiger charge is -2.19. The molecule has 0 spiro atoms. The fraction of sp³-hybridized carbons (Fsp3) is 0.818. The van der Waals surface area contributed by atoms with Gasteiger partial charge < -0.3 is 19.7 Å². The Morgan fingerprint density at radius 2 is 2.12 bits per heavy atom. The Hall–Kier alpha value is -0.980. The predicted octanol–water partition coefficient (Wildman–Crippen LogP) is 1.21. The summed E-state index contributed by atoms with van der Waals surface area (Å²) < 4.78 is 15.6.